The largest absolute Gasteiger partial charge is 0.481 e. The molecule has 0 unspecified atom stereocenters. The van der Waals surface area contributed by atoms with Crippen molar-refractivity contribution in [3.8, 4) is 0 Å². The summed E-state index contributed by atoms with van der Waals surface area (Å²) in [5.41, 5.74) is 0. The Bertz CT molecular complexity index is 178. The average Bonchev–Trinajstić information content (AvgIpc) is 2.08. The van der Waals surface area contributed by atoms with Gasteiger partial charge in [0, 0.05) is 0 Å². The highest BCUT2D eigenvalue weighted by molar-refractivity contribution is 5.68. The first-order chi connectivity index (χ1) is 5.64. The molecule has 1 rings (SSSR count). The molecular formula is C10H14O2. The lowest BCUT2D eigenvalue weighted by molar-refractivity contribution is -0.140. The molecule has 1 aromatic rings. The van der Waals surface area contributed by atoms with E-state index in [1.165, 1.54) is 0 Å². The normalized spacial score (nSPS) is 8.58. The third-order valence-corrected chi connectivity index (χ3v) is 1.16. The number of hydrogen-bond donors (Lipinski definition) is 1. The molecule has 2 heteroatoms. The van der Waals surface area contributed by atoms with Gasteiger partial charge in [0.2, 0.25) is 0 Å². The molecule has 0 bridgehead atoms. The fraction of sp³-hybridized carbons (Fsp3) is 0.300. The molecule has 0 atom stereocenters. The van der Waals surface area contributed by atoms with E-state index in [4.69, 9.17) is 5.11 Å². The lowest BCUT2D eigenvalue weighted by atomic mass is 10.2. The van der Waals surface area contributed by atoms with E-state index in [1.807, 2.05) is 36.4 Å². The molecule has 0 aliphatic rings. The maximum absolute atomic E-state index is 9.70. The van der Waals surface area contributed by atoms with Gasteiger partial charge in [-0.15, -0.1) is 0 Å². The van der Waals surface area contributed by atoms with Gasteiger partial charge in [0.05, 0.1) is 5.92 Å². The summed E-state index contributed by atoms with van der Waals surface area (Å²) in [6.07, 6.45) is 0. The molecule has 1 aromatic carbocycles. The quantitative estimate of drug-likeness (QED) is 0.695. The topological polar surface area (TPSA) is 37.3 Å². The highest BCUT2D eigenvalue weighted by Gasteiger charge is 1.99. The molecule has 0 amide bonds. The molecule has 0 aliphatic carbocycles. The lowest BCUT2D eigenvalue weighted by Gasteiger charge is -1.89. The molecule has 0 saturated heterocycles. The summed E-state index contributed by atoms with van der Waals surface area (Å²) in [5.74, 6) is -0.972. The van der Waals surface area contributed by atoms with Gasteiger partial charge in [-0.3, -0.25) is 4.79 Å². The second-order valence-electron chi connectivity index (χ2n) is 2.65. The molecule has 0 saturated carbocycles. The Morgan fingerprint density at radius 2 is 1.17 bits per heavy atom. The number of carboxylic acids is 1. The van der Waals surface area contributed by atoms with Crippen LogP contribution in [0.2, 0.25) is 0 Å². The molecule has 0 fully saturated rings. The minimum atomic E-state index is -0.741. The number of carbonyl (C=O) groups is 1. The van der Waals surface area contributed by atoms with E-state index in [9.17, 15) is 4.79 Å². The minimum Gasteiger partial charge on any atom is -0.481 e. The number of benzene rings is 1. The zero-order chi connectivity index (χ0) is 9.40. The summed E-state index contributed by atoms with van der Waals surface area (Å²) < 4.78 is 0. The summed E-state index contributed by atoms with van der Waals surface area (Å²) in [7, 11) is 0. The Kier molecular flexibility index (Phi) is 5.70. The van der Waals surface area contributed by atoms with Crippen LogP contribution in [0.15, 0.2) is 36.4 Å². The first-order valence-electron chi connectivity index (χ1n) is 3.87. The average molecular weight is 166 g/mol. The van der Waals surface area contributed by atoms with E-state index < -0.39 is 5.97 Å². The van der Waals surface area contributed by atoms with Gasteiger partial charge in [0.15, 0.2) is 0 Å². The van der Waals surface area contributed by atoms with Crippen molar-refractivity contribution in [2.75, 3.05) is 0 Å². The summed E-state index contributed by atoms with van der Waals surface area (Å²) in [4.78, 5) is 9.70. The van der Waals surface area contributed by atoms with Crippen LogP contribution in [0.4, 0.5) is 0 Å². The number of rotatable bonds is 1. The van der Waals surface area contributed by atoms with Crippen molar-refractivity contribution in [1.29, 1.82) is 0 Å². The van der Waals surface area contributed by atoms with E-state index in [1.54, 1.807) is 13.8 Å². The fourth-order valence-electron chi connectivity index (χ4n) is 0.385. The molecule has 0 radical (unpaired) electrons. The van der Waals surface area contributed by atoms with Gasteiger partial charge < -0.3 is 5.11 Å². The Hall–Kier alpha value is -1.31. The summed E-state index contributed by atoms with van der Waals surface area (Å²) >= 11 is 0. The van der Waals surface area contributed by atoms with Gasteiger partial charge in [-0.05, 0) is 0 Å². The Labute approximate surface area is 72.9 Å². The SMILES string of the molecule is CC(C)C(=O)O.c1ccccc1. The zero-order valence-electron chi connectivity index (χ0n) is 7.40. The molecular weight excluding hydrogens is 152 g/mol. The van der Waals surface area contributed by atoms with Crippen molar-refractivity contribution in [3.05, 3.63) is 36.4 Å². The van der Waals surface area contributed by atoms with Crippen molar-refractivity contribution in [3.63, 3.8) is 0 Å². The van der Waals surface area contributed by atoms with Crippen LogP contribution >= 0.6 is 0 Å². The maximum Gasteiger partial charge on any atom is 0.305 e. The first-order valence-corrected chi connectivity index (χ1v) is 3.87. The van der Waals surface area contributed by atoms with Crippen LogP contribution in [0.1, 0.15) is 13.8 Å². The van der Waals surface area contributed by atoms with Crippen LogP contribution in [0, 0.1) is 5.92 Å². The van der Waals surface area contributed by atoms with Crippen LogP contribution in [-0.4, -0.2) is 11.1 Å². The van der Waals surface area contributed by atoms with Gasteiger partial charge in [-0.2, -0.15) is 0 Å². The maximum atomic E-state index is 9.70. The Balaban J connectivity index is 0.000000202. The van der Waals surface area contributed by atoms with Gasteiger partial charge in [0.25, 0.3) is 0 Å². The van der Waals surface area contributed by atoms with Crippen molar-refractivity contribution in [2.45, 2.75) is 13.8 Å². The van der Waals surface area contributed by atoms with Gasteiger partial charge in [-0.1, -0.05) is 50.2 Å². The predicted octanol–water partition coefficient (Wildman–Crippen LogP) is 2.41. The molecule has 0 spiro atoms. The first kappa shape index (κ1) is 10.7. The Morgan fingerprint density at radius 3 is 1.25 bits per heavy atom. The molecule has 2 nitrogen and oxygen atoms in total. The van der Waals surface area contributed by atoms with Crippen molar-refractivity contribution in [2.24, 2.45) is 5.92 Å². The van der Waals surface area contributed by atoms with Crippen molar-refractivity contribution < 1.29 is 9.90 Å². The van der Waals surface area contributed by atoms with Crippen LogP contribution in [0.25, 0.3) is 0 Å². The molecule has 12 heavy (non-hydrogen) atoms. The fourth-order valence-corrected chi connectivity index (χ4v) is 0.385. The van der Waals surface area contributed by atoms with E-state index in [0.29, 0.717) is 0 Å². The molecule has 1 N–H and O–H groups in total. The third-order valence-electron chi connectivity index (χ3n) is 1.16. The predicted molar refractivity (Wildman–Crippen MR) is 48.9 cm³/mol. The van der Waals surface area contributed by atoms with Gasteiger partial charge in [0.1, 0.15) is 0 Å². The smallest absolute Gasteiger partial charge is 0.305 e. The van der Waals surface area contributed by atoms with Gasteiger partial charge >= 0.3 is 5.97 Å². The van der Waals surface area contributed by atoms with E-state index in [2.05, 4.69) is 0 Å². The van der Waals surface area contributed by atoms with E-state index in [0.717, 1.165) is 0 Å². The van der Waals surface area contributed by atoms with Crippen molar-refractivity contribution in [1.82, 2.24) is 0 Å². The van der Waals surface area contributed by atoms with Crippen LogP contribution in [0.3, 0.4) is 0 Å². The summed E-state index contributed by atoms with van der Waals surface area (Å²) in [6, 6.07) is 12.0. The third kappa shape index (κ3) is 6.81. The van der Waals surface area contributed by atoms with E-state index >= 15 is 0 Å². The second-order valence-corrected chi connectivity index (χ2v) is 2.65. The van der Waals surface area contributed by atoms with Crippen molar-refractivity contribution >= 4 is 5.97 Å². The van der Waals surface area contributed by atoms with Crippen LogP contribution in [-0.2, 0) is 4.79 Å². The number of aliphatic carboxylic acids is 1. The molecule has 0 aliphatic heterocycles. The molecule has 0 heterocycles. The monoisotopic (exact) mass is 166 g/mol. The second kappa shape index (κ2) is 6.40. The zero-order valence-corrected chi connectivity index (χ0v) is 7.40. The summed E-state index contributed by atoms with van der Waals surface area (Å²) in [6.45, 7) is 3.28. The number of carboxylic acid groups (broad SMARTS) is 1. The van der Waals surface area contributed by atoms with Gasteiger partial charge in [-0.25, -0.2) is 0 Å². The van der Waals surface area contributed by atoms with E-state index in [-0.39, 0.29) is 5.92 Å². The van der Waals surface area contributed by atoms with Crippen LogP contribution < -0.4 is 0 Å². The number of hydrogen-bond acceptors (Lipinski definition) is 1. The van der Waals surface area contributed by atoms with Crippen LogP contribution in [0.5, 0.6) is 0 Å². The summed E-state index contributed by atoms with van der Waals surface area (Å²) in [5, 5.41) is 7.99. The molecule has 66 valence electrons. The Morgan fingerprint density at radius 1 is 1.00 bits per heavy atom. The minimum absolute atomic E-state index is 0.231. The lowest BCUT2D eigenvalue weighted by Crippen LogP contribution is -2.03. The highest BCUT2D eigenvalue weighted by atomic mass is 16.4. The standard InChI is InChI=1S/C6H6.C4H8O2/c1-2-4-6-5-3-1;1-3(2)4(5)6/h1-6H;3H,1-2H3,(H,5,6). The molecule has 0 aromatic heterocycles. The highest BCUT2D eigenvalue weighted by Crippen LogP contribution is 1.87.